The van der Waals surface area contributed by atoms with E-state index >= 15 is 0 Å². The maximum Gasteiger partial charge on any atom is 0.419 e. The molecule has 1 aromatic carbocycles. The van der Waals surface area contributed by atoms with Crippen molar-refractivity contribution in [3.05, 3.63) is 41.1 Å². The normalized spacial score (nSPS) is 11.5. The van der Waals surface area contributed by atoms with Gasteiger partial charge in [-0.15, -0.1) is 0 Å². The fourth-order valence-electron chi connectivity index (χ4n) is 2.53. The Kier molecular flexibility index (Phi) is 4.45. The highest BCUT2D eigenvalue weighted by Crippen LogP contribution is 2.26. The number of ether oxygens (including phenoxy) is 1. The summed E-state index contributed by atoms with van der Waals surface area (Å²) in [5.41, 5.74) is 3.74. The molecule has 0 aliphatic heterocycles. The average molecular weight is 299 g/mol. The van der Waals surface area contributed by atoms with Crippen LogP contribution in [-0.4, -0.2) is 16.3 Å². The summed E-state index contributed by atoms with van der Waals surface area (Å²) in [4.78, 5) is 12.6. The molecular weight excluding hydrogens is 274 g/mol. The molecule has 0 atom stereocenters. The maximum atomic E-state index is 12.6. The summed E-state index contributed by atoms with van der Waals surface area (Å²) in [5.74, 6) is 0. The van der Waals surface area contributed by atoms with Crippen LogP contribution in [0.2, 0.25) is 0 Å². The Bertz CT molecular complexity index is 726. The van der Waals surface area contributed by atoms with E-state index in [0.29, 0.717) is 0 Å². The van der Waals surface area contributed by atoms with Crippen LogP contribution in [-0.2, 0) is 11.2 Å². The Morgan fingerprint density at radius 3 is 2.50 bits per heavy atom. The highest BCUT2D eigenvalue weighted by Gasteiger charge is 2.22. The van der Waals surface area contributed by atoms with Crippen LogP contribution < -0.4 is 0 Å². The number of hydrogen-bond donors (Lipinski definition) is 0. The third kappa shape index (κ3) is 3.41. The Labute approximate surface area is 132 Å². The van der Waals surface area contributed by atoms with Crippen LogP contribution in [0.4, 0.5) is 4.79 Å². The molecule has 0 bridgehead atoms. The van der Waals surface area contributed by atoms with Gasteiger partial charge in [0.25, 0.3) is 0 Å². The van der Waals surface area contributed by atoms with Crippen molar-refractivity contribution in [2.75, 3.05) is 0 Å². The highest BCUT2D eigenvalue weighted by atomic mass is 16.6. The van der Waals surface area contributed by atoms with Crippen LogP contribution in [0.3, 0.4) is 0 Å². The first-order chi connectivity index (χ1) is 10.2. The van der Waals surface area contributed by atoms with Gasteiger partial charge in [0.1, 0.15) is 5.60 Å². The third-order valence-electron chi connectivity index (χ3n) is 3.34. The lowest BCUT2D eigenvalue weighted by Gasteiger charge is -2.20. The second-order valence-corrected chi connectivity index (χ2v) is 6.81. The predicted molar refractivity (Wildman–Crippen MR) is 92.3 cm³/mol. The lowest BCUT2D eigenvalue weighted by molar-refractivity contribution is 0.0540. The van der Waals surface area contributed by atoms with Gasteiger partial charge in [-0.2, -0.15) is 0 Å². The molecule has 0 aliphatic rings. The van der Waals surface area contributed by atoms with Crippen LogP contribution in [0.1, 0.15) is 52.8 Å². The van der Waals surface area contributed by atoms with Gasteiger partial charge >= 0.3 is 6.09 Å². The molecule has 0 fully saturated rings. The minimum absolute atomic E-state index is 0.311. The van der Waals surface area contributed by atoms with E-state index in [-0.39, 0.29) is 6.09 Å². The molecule has 0 saturated carbocycles. The van der Waals surface area contributed by atoms with Crippen molar-refractivity contribution in [2.45, 2.75) is 53.6 Å². The van der Waals surface area contributed by atoms with Gasteiger partial charge in [-0.3, -0.25) is 0 Å². The Morgan fingerprint density at radius 1 is 1.27 bits per heavy atom. The van der Waals surface area contributed by atoms with E-state index < -0.39 is 5.60 Å². The summed E-state index contributed by atoms with van der Waals surface area (Å²) in [6.45, 7) is 11.9. The zero-order valence-corrected chi connectivity index (χ0v) is 14.4. The van der Waals surface area contributed by atoms with Crippen molar-refractivity contribution in [1.29, 1.82) is 0 Å². The van der Waals surface area contributed by atoms with Gasteiger partial charge in [-0.05, 0) is 58.7 Å². The monoisotopic (exact) mass is 299 g/mol. The van der Waals surface area contributed by atoms with Crippen molar-refractivity contribution >= 4 is 23.1 Å². The lowest BCUT2D eigenvalue weighted by Crippen LogP contribution is -2.27. The van der Waals surface area contributed by atoms with Gasteiger partial charge in [-0.25, -0.2) is 9.36 Å². The van der Waals surface area contributed by atoms with E-state index in [0.717, 1.165) is 28.6 Å². The van der Waals surface area contributed by atoms with Gasteiger partial charge in [0.15, 0.2) is 0 Å². The Hall–Kier alpha value is -2.03. The molecule has 1 aromatic heterocycles. The highest BCUT2D eigenvalue weighted by molar-refractivity contribution is 5.96. The molecule has 0 spiro atoms. The summed E-state index contributed by atoms with van der Waals surface area (Å²) in [7, 11) is 0. The van der Waals surface area contributed by atoms with E-state index in [1.165, 1.54) is 5.57 Å². The molecule has 0 aliphatic carbocycles. The lowest BCUT2D eigenvalue weighted by atomic mass is 10.1. The van der Waals surface area contributed by atoms with Gasteiger partial charge in [0, 0.05) is 11.1 Å². The molecule has 1 heterocycles. The second kappa shape index (κ2) is 5.99. The number of nitrogens with zero attached hydrogens (tertiary/aromatic N) is 1. The molecule has 2 aromatic rings. The third-order valence-corrected chi connectivity index (χ3v) is 3.34. The number of aromatic nitrogens is 1. The topological polar surface area (TPSA) is 31.2 Å². The first-order valence-corrected chi connectivity index (χ1v) is 7.74. The summed E-state index contributed by atoms with van der Waals surface area (Å²) in [6.07, 6.45) is 2.61. The van der Waals surface area contributed by atoms with E-state index in [1.54, 1.807) is 4.57 Å². The summed E-state index contributed by atoms with van der Waals surface area (Å²) >= 11 is 0. The van der Waals surface area contributed by atoms with Crippen molar-refractivity contribution in [1.82, 2.24) is 4.57 Å². The number of benzene rings is 1. The van der Waals surface area contributed by atoms with Crippen molar-refractivity contribution in [2.24, 2.45) is 0 Å². The molecule has 0 radical (unpaired) electrons. The Balaban J connectivity index is 2.64. The Morgan fingerprint density at radius 2 is 1.95 bits per heavy atom. The van der Waals surface area contributed by atoms with E-state index in [2.05, 4.69) is 39.0 Å². The van der Waals surface area contributed by atoms with Gasteiger partial charge in [-0.1, -0.05) is 30.7 Å². The molecule has 0 N–H and O–H groups in total. The molecule has 3 heteroatoms. The number of carbonyl (C=O) groups excluding carboxylic acids is 1. The van der Waals surface area contributed by atoms with E-state index in [4.69, 9.17) is 4.74 Å². The minimum atomic E-state index is -0.504. The number of aryl methyl sites for hydroxylation is 1. The van der Waals surface area contributed by atoms with Gasteiger partial charge in [0.2, 0.25) is 0 Å². The minimum Gasteiger partial charge on any atom is -0.443 e. The van der Waals surface area contributed by atoms with Crippen molar-refractivity contribution in [3.8, 4) is 0 Å². The summed E-state index contributed by atoms with van der Waals surface area (Å²) in [6, 6.07) is 8.13. The molecule has 0 amide bonds. The fraction of sp³-hybridized carbons (Fsp3) is 0.421. The summed E-state index contributed by atoms with van der Waals surface area (Å²) in [5, 5.41) is 1.09. The van der Waals surface area contributed by atoms with Crippen LogP contribution in [0, 0.1) is 0 Å². The molecule has 2 rings (SSSR count). The quantitative estimate of drug-likeness (QED) is 0.742. The molecule has 22 heavy (non-hydrogen) atoms. The molecule has 118 valence electrons. The SMILES string of the molecule is CCc1cc2c(C=C(C)C)cccc2n1C(=O)OC(C)(C)C. The van der Waals surface area contributed by atoms with Gasteiger partial charge in [0.05, 0.1) is 5.52 Å². The van der Waals surface area contributed by atoms with Crippen LogP contribution in [0.25, 0.3) is 17.0 Å². The summed E-state index contributed by atoms with van der Waals surface area (Å²) < 4.78 is 7.26. The van der Waals surface area contributed by atoms with Crippen LogP contribution in [0.5, 0.6) is 0 Å². The molecular formula is C19H25NO2. The maximum absolute atomic E-state index is 12.6. The van der Waals surface area contributed by atoms with Crippen molar-refractivity contribution in [3.63, 3.8) is 0 Å². The smallest absolute Gasteiger partial charge is 0.419 e. The van der Waals surface area contributed by atoms with Crippen LogP contribution >= 0.6 is 0 Å². The number of allylic oxidation sites excluding steroid dienone is 1. The average Bonchev–Trinajstić information content (AvgIpc) is 2.75. The van der Waals surface area contributed by atoms with Gasteiger partial charge < -0.3 is 4.74 Å². The second-order valence-electron chi connectivity index (χ2n) is 6.81. The van der Waals surface area contributed by atoms with Crippen LogP contribution in [0.15, 0.2) is 29.8 Å². The zero-order chi connectivity index (χ0) is 16.5. The standard InChI is InChI=1S/C19H25NO2/c1-7-15-12-16-14(11-13(2)3)9-8-10-17(16)20(15)18(21)22-19(4,5)6/h8-12H,7H2,1-6H3. The number of carbonyl (C=O) groups is 1. The first-order valence-electron chi connectivity index (χ1n) is 7.74. The molecule has 0 saturated heterocycles. The van der Waals surface area contributed by atoms with E-state index in [9.17, 15) is 4.79 Å². The first kappa shape index (κ1) is 16.3. The largest absolute Gasteiger partial charge is 0.443 e. The van der Waals surface area contributed by atoms with Crippen molar-refractivity contribution < 1.29 is 9.53 Å². The molecule has 0 unspecified atom stereocenters. The zero-order valence-electron chi connectivity index (χ0n) is 14.4. The number of fused-ring (bicyclic) bond motifs is 1. The number of rotatable bonds is 2. The fourth-order valence-corrected chi connectivity index (χ4v) is 2.53. The van der Waals surface area contributed by atoms with E-state index in [1.807, 2.05) is 32.9 Å². The number of hydrogen-bond acceptors (Lipinski definition) is 2. The predicted octanol–water partition coefficient (Wildman–Crippen LogP) is 5.41. The molecule has 3 nitrogen and oxygen atoms in total.